The number of nitrogens with zero attached hydrogens (tertiary/aromatic N) is 2. The van der Waals surface area contributed by atoms with Crippen molar-refractivity contribution >= 4 is 23.3 Å². The molecule has 0 saturated carbocycles. The maximum atomic E-state index is 12.7. The molecule has 0 N–H and O–H groups in total. The van der Waals surface area contributed by atoms with E-state index in [0.29, 0.717) is 5.69 Å². The first-order valence-corrected chi connectivity index (χ1v) is 7.07. The molecule has 4 atom stereocenters. The molecule has 2 saturated heterocycles. The van der Waals surface area contributed by atoms with Crippen LogP contribution >= 0.6 is 0 Å². The fourth-order valence-electron chi connectivity index (χ4n) is 3.76. The number of nitro benzene ring substituents is 1. The highest BCUT2D eigenvalue weighted by atomic mass is 16.6. The van der Waals surface area contributed by atoms with Gasteiger partial charge >= 0.3 is 0 Å². The zero-order chi connectivity index (χ0) is 16.4. The van der Waals surface area contributed by atoms with Gasteiger partial charge in [-0.05, 0) is 6.07 Å². The van der Waals surface area contributed by atoms with Gasteiger partial charge in [0, 0.05) is 24.0 Å². The Morgan fingerprint density at radius 1 is 1.43 bits per heavy atom. The van der Waals surface area contributed by atoms with Crippen LogP contribution in [0.25, 0.3) is 0 Å². The minimum Gasteiger partial charge on any atom is -0.550 e. The number of carbonyl (C=O) groups excluding carboxylic acids is 2. The Balaban J connectivity index is 1.73. The zero-order valence-corrected chi connectivity index (χ0v) is 11.7. The van der Waals surface area contributed by atoms with Crippen LogP contribution in [0.3, 0.4) is 0 Å². The number of carbonyl (C=O) groups is 2. The predicted molar refractivity (Wildman–Crippen MR) is 74.2 cm³/mol. The summed E-state index contributed by atoms with van der Waals surface area (Å²) >= 11 is 0. The maximum Gasteiger partial charge on any atom is 0.271 e. The van der Waals surface area contributed by atoms with Gasteiger partial charge in [-0.1, -0.05) is 18.2 Å². The molecule has 23 heavy (non-hydrogen) atoms. The van der Waals surface area contributed by atoms with Gasteiger partial charge in [0.1, 0.15) is 5.60 Å². The van der Waals surface area contributed by atoms with Crippen molar-refractivity contribution in [3.05, 3.63) is 46.5 Å². The van der Waals surface area contributed by atoms with E-state index in [1.54, 1.807) is 18.2 Å². The van der Waals surface area contributed by atoms with Gasteiger partial charge in [0.2, 0.25) is 5.91 Å². The standard InChI is InChI=1S/C15H12N2O6/c18-13-12-11(14(19)20)10-4-5-15(12,23-10)7-16(13)8-2-1-3-9(6-8)17(21)22/h1-6,10-12H,7H2,(H,19,20)/p-1/t10-,11+,12-,15+/m0/s1. The Morgan fingerprint density at radius 3 is 2.91 bits per heavy atom. The van der Waals surface area contributed by atoms with Gasteiger partial charge in [-0.3, -0.25) is 14.9 Å². The number of nitro groups is 1. The first kappa shape index (κ1) is 13.9. The number of ether oxygens (including phenoxy) is 1. The van der Waals surface area contributed by atoms with Gasteiger partial charge in [0.05, 0.1) is 29.2 Å². The van der Waals surface area contributed by atoms with Gasteiger partial charge < -0.3 is 19.5 Å². The molecule has 4 rings (SSSR count). The van der Waals surface area contributed by atoms with Crippen LogP contribution in [-0.4, -0.2) is 35.0 Å². The Bertz CT molecular complexity index is 775. The molecule has 2 bridgehead atoms. The Hall–Kier alpha value is -2.74. The number of non-ortho nitro benzene ring substituents is 1. The minimum absolute atomic E-state index is 0.133. The van der Waals surface area contributed by atoms with Crippen LogP contribution < -0.4 is 10.0 Å². The van der Waals surface area contributed by atoms with E-state index < -0.39 is 40.3 Å². The van der Waals surface area contributed by atoms with Crippen LogP contribution in [0.2, 0.25) is 0 Å². The lowest BCUT2D eigenvalue weighted by molar-refractivity contribution is -0.384. The molecule has 118 valence electrons. The molecule has 3 aliphatic heterocycles. The first-order chi connectivity index (χ1) is 10.9. The molecule has 0 unspecified atom stereocenters. The second-order valence-electron chi connectivity index (χ2n) is 5.92. The van der Waals surface area contributed by atoms with E-state index >= 15 is 0 Å². The van der Waals surface area contributed by atoms with Crippen molar-refractivity contribution in [1.82, 2.24) is 0 Å². The quantitative estimate of drug-likeness (QED) is 0.427. The lowest BCUT2D eigenvalue weighted by Gasteiger charge is -2.24. The third kappa shape index (κ3) is 1.75. The van der Waals surface area contributed by atoms with Crippen LogP contribution in [0.15, 0.2) is 36.4 Å². The fourth-order valence-corrected chi connectivity index (χ4v) is 3.76. The largest absolute Gasteiger partial charge is 0.550 e. The van der Waals surface area contributed by atoms with Crippen molar-refractivity contribution < 1.29 is 24.4 Å². The maximum absolute atomic E-state index is 12.7. The summed E-state index contributed by atoms with van der Waals surface area (Å²) in [4.78, 5) is 35.8. The molecule has 3 heterocycles. The number of hydrogen-bond acceptors (Lipinski definition) is 6. The molecule has 1 spiro atoms. The highest BCUT2D eigenvalue weighted by Gasteiger charge is 2.65. The zero-order valence-electron chi connectivity index (χ0n) is 11.7. The average Bonchev–Trinajstić information content (AvgIpc) is 3.15. The lowest BCUT2D eigenvalue weighted by Crippen LogP contribution is -2.45. The minimum atomic E-state index is -1.32. The molecule has 8 heteroatoms. The van der Waals surface area contributed by atoms with E-state index in [0.717, 1.165) is 0 Å². The molecule has 1 amide bonds. The summed E-state index contributed by atoms with van der Waals surface area (Å²) in [6.07, 6.45) is 2.71. The highest BCUT2D eigenvalue weighted by Crippen LogP contribution is 2.52. The number of aliphatic carboxylic acids is 1. The Labute approximate surface area is 130 Å². The molecule has 1 aromatic rings. The highest BCUT2D eigenvalue weighted by molar-refractivity contribution is 6.02. The van der Waals surface area contributed by atoms with Gasteiger partial charge in [-0.2, -0.15) is 0 Å². The normalized spacial score (nSPS) is 34.0. The van der Waals surface area contributed by atoms with Crippen molar-refractivity contribution in [1.29, 1.82) is 0 Å². The van der Waals surface area contributed by atoms with Gasteiger partial charge in [-0.15, -0.1) is 0 Å². The molecule has 2 fully saturated rings. The predicted octanol–water partition coefficient (Wildman–Crippen LogP) is -0.369. The number of benzene rings is 1. The van der Waals surface area contributed by atoms with Crippen molar-refractivity contribution in [2.75, 3.05) is 11.4 Å². The van der Waals surface area contributed by atoms with Crippen LogP contribution in [0.1, 0.15) is 0 Å². The number of hydrogen-bond donors (Lipinski definition) is 0. The molecular formula is C15H11N2O6-. The van der Waals surface area contributed by atoms with Gasteiger partial charge in [0.15, 0.2) is 0 Å². The Kier molecular flexibility index (Phi) is 2.65. The summed E-state index contributed by atoms with van der Waals surface area (Å²) in [7, 11) is 0. The molecular weight excluding hydrogens is 304 g/mol. The smallest absolute Gasteiger partial charge is 0.271 e. The molecule has 8 nitrogen and oxygen atoms in total. The number of carboxylic acid groups (broad SMARTS) is 1. The van der Waals surface area contributed by atoms with Crippen molar-refractivity contribution in [2.24, 2.45) is 11.8 Å². The second kappa shape index (κ2) is 4.39. The van der Waals surface area contributed by atoms with Crippen LogP contribution in [-0.2, 0) is 14.3 Å². The number of fused-ring (bicyclic) bond motifs is 1. The van der Waals surface area contributed by atoms with E-state index in [-0.39, 0.29) is 12.2 Å². The number of rotatable bonds is 3. The molecule has 3 aliphatic rings. The lowest BCUT2D eigenvalue weighted by atomic mass is 9.77. The van der Waals surface area contributed by atoms with Crippen LogP contribution in [0.4, 0.5) is 11.4 Å². The Morgan fingerprint density at radius 2 is 2.22 bits per heavy atom. The van der Waals surface area contributed by atoms with Crippen molar-refractivity contribution in [3.63, 3.8) is 0 Å². The monoisotopic (exact) mass is 315 g/mol. The van der Waals surface area contributed by atoms with Crippen molar-refractivity contribution in [2.45, 2.75) is 11.7 Å². The average molecular weight is 315 g/mol. The first-order valence-electron chi connectivity index (χ1n) is 7.07. The third-order valence-electron chi connectivity index (χ3n) is 4.72. The summed E-state index contributed by atoms with van der Waals surface area (Å²) in [6, 6.07) is 5.68. The SMILES string of the molecule is O=C([O-])[C@@H]1[C@@H]2C=C[C@]3(CN(c4cccc([N+](=O)[O-])c4)C(=O)[C@H]13)O2. The second-order valence-corrected chi connectivity index (χ2v) is 5.92. The molecule has 0 radical (unpaired) electrons. The van der Waals surface area contributed by atoms with Crippen molar-refractivity contribution in [3.8, 4) is 0 Å². The number of carboxylic acids is 1. The summed E-state index contributed by atoms with van der Waals surface area (Å²) in [6.45, 7) is 0.133. The number of anilines is 1. The summed E-state index contributed by atoms with van der Waals surface area (Å²) in [5.41, 5.74) is -0.774. The number of amides is 1. The van der Waals surface area contributed by atoms with Crippen LogP contribution in [0, 0.1) is 22.0 Å². The fraction of sp³-hybridized carbons (Fsp3) is 0.333. The van der Waals surface area contributed by atoms with E-state index in [1.165, 1.54) is 23.1 Å². The molecule has 1 aromatic carbocycles. The van der Waals surface area contributed by atoms with Gasteiger partial charge in [0.25, 0.3) is 5.69 Å². The molecule has 0 aromatic heterocycles. The topological polar surface area (TPSA) is 113 Å². The summed E-state index contributed by atoms with van der Waals surface area (Å²) in [5, 5.41) is 22.3. The van der Waals surface area contributed by atoms with Crippen LogP contribution in [0.5, 0.6) is 0 Å². The summed E-state index contributed by atoms with van der Waals surface area (Å²) < 4.78 is 5.73. The third-order valence-corrected chi connectivity index (χ3v) is 4.72. The van der Waals surface area contributed by atoms with E-state index in [9.17, 15) is 24.8 Å². The van der Waals surface area contributed by atoms with E-state index in [1.807, 2.05) is 0 Å². The summed E-state index contributed by atoms with van der Waals surface area (Å²) in [5.74, 6) is -3.62. The molecule has 0 aliphatic carbocycles. The van der Waals surface area contributed by atoms with Gasteiger partial charge in [-0.25, -0.2) is 0 Å². The van der Waals surface area contributed by atoms with E-state index in [2.05, 4.69) is 0 Å². The van der Waals surface area contributed by atoms with E-state index in [4.69, 9.17) is 4.74 Å².